The largest absolute Gasteiger partial charge is 0.271 e. The average molecular weight is 523 g/mol. The highest BCUT2D eigenvalue weighted by Crippen LogP contribution is 2.47. The lowest BCUT2D eigenvalue weighted by atomic mass is 10.0. The molecule has 0 atom stereocenters. The summed E-state index contributed by atoms with van der Waals surface area (Å²) in [6, 6.07) is 54.9. The minimum atomic E-state index is -2.65. The highest BCUT2D eigenvalue weighted by atomic mass is 31.2. The third-order valence-electron chi connectivity index (χ3n) is 6.80. The van der Waals surface area contributed by atoms with Crippen molar-refractivity contribution in [3.05, 3.63) is 174 Å². The number of hydrogen-bond donors (Lipinski definition) is 0. The van der Waals surface area contributed by atoms with E-state index in [-0.39, 0.29) is 5.56 Å². The van der Waals surface area contributed by atoms with Crippen molar-refractivity contribution >= 4 is 23.0 Å². The third kappa shape index (κ3) is 4.81. The van der Waals surface area contributed by atoms with Gasteiger partial charge in [0.25, 0.3) is 5.56 Å². The Kier molecular flexibility index (Phi) is 6.91. The van der Waals surface area contributed by atoms with Crippen molar-refractivity contribution in [1.82, 2.24) is 4.68 Å². The van der Waals surface area contributed by atoms with E-state index in [1.165, 1.54) is 0 Å². The molecule has 188 valence electrons. The summed E-state index contributed by atoms with van der Waals surface area (Å²) in [7, 11) is -2.65. The van der Waals surface area contributed by atoms with Crippen LogP contribution < -0.4 is 21.5 Å². The summed E-state index contributed by atoms with van der Waals surface area (Å²) in [6.45, 7) is 0. The van der Waals surface area contributed by atoms with Crippen molar-refractivity contribution in [3.8, 4) is 22.4 Å². The molecule has 0 saturated heterocycles. The van der Waals surface area contributed by atoms with Gasteiger partial charge in [0.2, 0.25) is 0 Å². The Labute approximate surface area is 228 Å². The molecule has 4 heteroatoms. The quantitative estimate of drug-likeness (QED) is 0.215. The highest BCUT2D eigenvalue weighted by Gasteiger charge is 2.29. The highest BCUT2D eigenvalue weighted by molar-refractivity contribution is 7.87. The first-order valence-corrected chi connectivity index (χ1v) is 14.7. The Morgan fingerprint density at radius 3 is 1.26 bits per heavy atom. The Morgan fingerprint density at radius 1 is 0.436 bits per heavy atom. The van der Waals surface area contributed by atoms with Gasteiger partial charge < -0.3 is 0 Å². The number of nitrogens with zero attached hydrogens (tertiary/aromatic N) is 2. The zero-order valence-corrected chi connectivity index (χ0v) is 22.2. The van der Waals surface area contributed by atoms with Gasteiger partial charge >= 0.3 is 0 Å². The standard InChI is InChI=1S/C35H27N2OP/c38-35-27-30(28-16-6-1-7-17-28)26-34(29-18-8-2-9-19-29)37(35)36-39(31-20-10-3-11-21-31,32-22-12-4-13-23-32)33-24-14-5-15-25-33/h1-27H. The molecular formula is C35H27N2OP. The van der Waals surface area contributed by atoms with Crippen LogP contribution in [0, 0.1) is 0 Å². The Balaban J connectivity index is 1.76. The van der Waals surface area contributed by atoms with Crippen molar-refractivity contribution in [2.45, 2.75) is 0 Å². The van der Waals surface area contributed by atoms with E-state index >= 15 is 0 Å². The maximum Gasteiger partial charge on any atom is 0.271 e. The summed E-state index contributed by atoms with van der Waals surface area (Å²) in [4.78, 5) is 19.6. The van der Waals surface area contributed by atoms with Gasteiger partial charge in [0, 0.05) is 27.5 Å². The van der Waals surface area contributed by atoms with Crippen LogP contribution in [0.25, 0.3) is 22.4 Å². The van der Waals surface area contributed by atoms with E-state index in [1.807, 2.05) is 115 Å². The predicted molar refractivity (Wildman–Crippen MR) is 165 cm³/mol. The van der Waals surface area contributed by atoms with Crippen LogP contribution >= 0.6 is 7.05 Å². The summed E-state index contributed by atoms with van der Waals surface area (Å²) < 4.78 is 1.63. The molecular weight excluding hydrogens is 495 g/mol. The summed E-state index contributed by atoms with van der Waals surface area (Å²) in [6.07, 6.45) is 0. The molecule has 0 radical (unpaired) electrons. The second-order valence-electron chi connectivity index (χ2n) is 9.24. The van der Waals surface area contributed by atoms with Gasteiger partial charge in [0.15, 0.2) is 0 Å². The molecule has 6 aromatic rings. The van der Waals surface area contributed by atoms with Crippen molar-refractivity contribution in [2.75, 3.05) is 0 Å². The van der Waals surface area contributed by atoms with Gasteiger partial charge in [-0.05, 0) is 17.2 Å². The second kappa shape index (κ2) is 10.9. The molecule has 0 aliphatic heterocycles. The van der Waals surface area contributed by atoms with Crippen molar-refractivity contribution < 1.29 is 0 Å². The second-order valence-corrected chi connectivity index (χ2v) is 12.2. The summed E-state index contributed by atoms with van der Waals surface area (Å²) in [5.41, 5.74) is 3.39. The molecule has 1 heterocycles. The van der Waals surface area contributed by atoms with E-state index in [9.17, 15) is 4.79 Å². The molecule has 39 heavy (non-hydrogen) atoms. The molecule has 3 nitrogen and oxygen atoms in total. The smallest absolute Gasteiger partial charge is 0.267 e. The van der Waals surface area contributed by atoms with Crippen LogP contribution in [-0.4, -0.2) is 4.68 Å². The number of benzene rings is 5. The summed E-state index contributed by atoms with van der Waals surface area (Å²) in [5.74, 6) is 0. The van der Waals surface area contributed by atoms with E-state index in [1.54, 1.807) is 10.7 Å². The lowest BCUT2D eigenvalue weighted by molar-refractivity contribution is 0.852. The van der Waals surface area contributed by atoms with Crippen LogP contribution in [0.5, 0.6) is 0 Å². The maximum absolute atomic E-state index is 14.1. The first kappa shape index (κ1) is 24.6. The molecule has 0 aliphatic rings. The Morgan fingerprint density at radius 2 is 0.821 bits per heavy atom. The van der Waals surface area contributed by atoms with Gasteiger partial charge in [-0.3, -0.25) is 4.79 Å². The van der Waals surface area contributed by atoms with E-state index in [4.69, 9.17) is 4.85 Å². The van der Waals surface area contributed by atoms with Crippen molar-refractivity contribution in [2.24, 2.45) is 4.85 Å². The number of rotatable bonds is 6. The number of hydrogen-bond acceptors (Lipinski definition) is 2. The fourth-order valence-corrected chi connectivity index (χ4v) is 8.40. The van der Waals surface area contributed by atoms with Gasteiger partial charge in [0.05, 0.1) is 12.7 Å². The summed E-state index contributed by atoms with van der Waals surface area (Å²) in [5, 5.41) is 3.25. The van der Waals surface area contributed by atoms with Crippen LogP contribution in [0.4, 0.5) is 0 Å². The normalized spacial score (nSPS) is 11.2. The lowest BCUT2D eigenvalue weighted by Gasteiger charge is -2.27. The molecule has 0 aliphatic carbocycles. The molecule has 0 fully saturated rings. The first-order chi connectivity index (χ1) is 19.3. The molecule has 0 spiro atoms. The summed E-state index contributed by atoms with van der Waals surface area (Å²) >= 11 is 0. The van der Waals surface area contributed by atoms with Crippen LogP contribution in [0.3, 0.4) is 0 Å². The average Bonchev–Trinajstić information content (AvgIpc) is 3.02. The van der Waals surface area contributed by atoms with Gasteiger partial charge in [0.1, 0.15) is 0 Å². The molecule has 0 N–H and O–H groups in total. The topological polar surface area (TPSA) is 34.4 Å². The molecule has 6 rings (SSSR count). The predicted octanol–water partition coefficient (Wildman–Crippen LogP) is 7.12. The van der Waals surface area contributed by atoms with Gasteiger partial charge in [-0.1, -0.05) is 152 Å². The SMILES string of the molecule is O=c1cc(-c2ccccc2)cc(-c2ccccc2)n1N=P(c1ccccc1)(c1ccccc1)c1ccccc1. The van der Waals surface area contributed by atoms with Crippen molar-refractivity contribution in [3.63, 3.8) is 0 Å². The third-order valence-corrected chi connectivity index (χ3v) is 10.4. The molecule has 0 unspecified atom stereocenters. The first-order valence-electron chi connectivity index (χ1n) is 12.9. The van der Waals surface area contributed by atoms with E-state index in [2.05, 4.69) is 42.5 Å². The lowest BCUT2D eigenvalue weighted by Crippen LogP contribution is -2.28. The van der Waals surface area contributed by atoms with Crippen LogP contribution in [0.1, 0.15) is 0 Å². The zero-order valence-electron chi connectivity index (χ0n) is 21.3. The van der Waals surface area contributed by atoms with E-state index in [0.29, 0.717) is 0 Å². The van der Waals surface area contributed by atoms with Crippen LogP contribution in [0.15, 0.2) is 173 Å². The van der Waals surface area contributed by atoms with Crippen LogP contribution in [-0.2, 0) is 0 Å². The zero-order chi connectivity index (χ0) is 26.5. The minimum absolute atomic E-state index is 0.164. The molecule has 0 amide bonds. The van der Waals surface area contributed by atoms with E-state index < -0.39 is 7.05 Å². The molecule has 0 saturated carbocycles. The Hall–Kier alpha value is -4.72. The fraction of sp³-hybridized carbons (Fsp3) is 0. The van der Waals surface area contributed by atoms with Crippen molar-refractivity contribution in [1.29, 1.82) is 0 Å². The molecule has 1 aromatic heterocycles. The van der Waals surface area contributed by atoms with Crippen LogP contribution in [0.2, 0.25) is 0 Å². The van der Waals surface area contributed by atoms with Gasteiger partial charge in [-0.2, -0.15) is 9.53 Å². The van der Waals surface area contributed by atoms with Gasteiger partial charge in [-0.25, -0.2) is 0 Å². The minimum Gasteiger partial charge on any atom is -0.267 e. The Bertz CT molecular complexity index is 1700. The van der Waals surface area contributed by atoms with Gasteiger partial charge in [-0.15, -0.1) is 0 Å². The number of aromatic nitrogens is 1. The number of pyridine rings is 1. The monoisotopic (exact) mass is 522 g/mol. The fourth-order valence-electron chi connectivity index (χ4n) is 4.93. The van der Waals surface area contributed by atoms with E-state index in [0.717, 1.165) is 38.3 Å². The maximum atomic E-state index is 14.1. The molecule has 5 aromatic carbocycles. The molecule has 0 bridgehead atoms.